The SMILES string of the molecule is NNC1=CC(=C=O)C(C(=O)O)C=C1. The Bertz CT molecular complexity index is 337. The predicted molar refractivity (Wildman–Crippen MR) is 44.9 cm³/mol. The van der Waals surface area contributed by atoms with Crippen LogP contribution in [0.25, 0.3) is 0 Å². The molecule has 1 aliphatic rings. The standard InChI is InChI=1S/C8H8N2O3/c9-10-6-1-2-7(8(12)13)5(3-6)4-11/h1-3,7,10H,9H2,(H,12,13). The number of nitrogens with one attached hydrogen (secondary N) is 1. The van der Waals surface area contributed by atoms with Gasteiger partial charge in [0.05, 0.1) is 5.57 Å². The molecule has 0 aliphatic heterocycles. The number of nitrogens with two attached hydrogens (primary N) is 1. The first-order chi connectivity index (χ1) is 6.19. The molecule has 5 nitrogen and oxygen atoms in total. The maximum atomic E-state index is 10.6. The van der Waals surface area contributed by atoms with E-state index in [0.29, 0.717) is 5.70 Å². The van der Waals surface area contributed by atoms with E-state index in [0.717, 1.165) is 0 Å². The van der Waals surface area contributed by atoms with Crippen molar-refractivity contribution in [3.63, 3.8) is 0 Å². The van der Waals surface area contributed by atoms with Crippen LogP contribution in [0.5, 0.6) is 0 Å². The predicted octanol–water partition coefficient (Wildman–Crippen LogP) is -0.638. The zero-order valence-corrected chi connectivity index (χ0v) is 6.65. The van der Waals surface area contributed by atoms with Gasteiger partial charge in [-0.05, 0) is 12.2 Å². The van der Waals surface area contributed by atoms with Gasteiger partial charge in [-0.1, -0.05) is 6.08 Å². The van der Waals surface area contributed by atoms with Crippen molar-refractivity contribution in [3.05, 3.63) is 29.5 Å². The third-order valence-electron chi connectivity index (χ3n) is 1.66. The summed E-state index contributed by atoms with van der Waals surface area (Å²) >= 11 is 0. The van der Waals surface area contributed by atoms with Crippen LogP contribution in [0, 0.1) is 5.92 Å². The largest absolute Gasteiger partial charge is 0.481 e. The summed E-state index contributed by atoms with van der Waals surface area (Å²) in [6.07, 6.45) is 4.23. The monoisotopic (exact) mass is 180 g/mol. The summed E-state index contributed by atoms with van der Waals surface area (Å²) in [5.41, 5.74) is 2.85. The Hall–Kier alpha value is -1.84. The molecule has 4 N–H and O–H groups in total. The number of carboxylic acid groups (broad SMARTS) is 1. The third-order valence-corrected chi connectivity index (χ3v) is 1.66. The molecule has 0 saturated heterocycles. The number of carbonyl (C=O) groups is 1. The summed E-state index contributed by atoms with van der Waals surface area (Å²) in [5.74, 6) is 4.64. The molecule has 0 amide bonds. The van der Waals surface area contributed by atoms with Crippen LogP contribution in [-0.2, 0) is 9.59 Å². The summed E-state index contributed by atoms with van der Waals surface area (Å²) in [4.78, 5) is 21.0. The molecule has 0 spiro atoms. The second kappa shape index (κ2) is 3.71. The van der Waals surface area contributed by atoms with E-state index < -0.39 is 11.9 Å². The molecule has 68 valence electrons. The molecule has 0 aromatic carbocycles. The molecule has 1 aliphatic carbocycles. The molecule has 0 heterocycles. The highest BCUT2D eigenvalue weighted by atomic mass is 16.4. The van der Waals surface area contributed by atoms with Gasteiger partial charge >= 0.3 is 5.97 Å². The lowest BCUT2D eigenvalue weighted by atomic mass is 9.95. The summed E-state index contributed by atoms with van der Waals surface area (Å²) in [6.45, 7) is 0. The lowest BCUT2D eigenvalue weighted by molar-refractivity contribution is -0.138. The Balaban J connectivity index is 3.00. The van der Waals surface area contributed by atoms with Crippen LogP contribution in [0.4, 0.5) is 0 Å². The lowest BCUT2D eigenvalue weighted by Gasteiger charge is -2.12. The highest BCUT2D eigenvalue weighted by Crippen LogP contribution is 2.18. The van der Waals surface area contributed by atoms with Crippen molar-refractivity contribution in [2.45, 2.75) is 0 Å². The van der Waals surface area contributed by atoms with Crippen LogP contribution in [0.15, 0.2) is 29.5 Å². The molecular formula is C8H8N2O3. The van der Waals surface area contributed by atoms with Crippen LogP contribution in [-0.4, -0.2) is 17.0 Å². The second-order valence-corrected chi connectivity index (χ2v) is 2.48. The number of hydrogen-bond acceptors (Lipinski definition) is 4. The first kappa shape index (κ1) is 9.25. The highest BCUT2D eigenvalue weighted by Gasteiger charge is 2.21. The zero-order valence-electron chi connectivity index (χ0n) is 6.65. The first-order valence-electron chi connectivity index (χ1n) is 3.53. The summed E-state index contributed by atoms with van der Waals surface area (Å²) < 4.78 is 0. The molecule has 1 unspecified atom stereocenters. The Kier molecular flexibility index (Phi) is 2.64. The van der Waals surface area contributed by atoms with E-state index in [-0.39, 0.29) is 5.57 Å². The van der Waals surface area contributed by atoms with E-state index >= 15 is 0 Å². The van der Waals surface area contributed by atoms with Crippen LogP contribution in [0.3, 0.4) is 0 Å². The second-order valence-electron chi connectivity index (χ2n) is 2.48. The van der Waals surface area contributed by atoms with Crippen LogP contribution < -0.4 is 11.3 Å². The Labute approximate surface area is 74.2 Å². The van der Waals surface area contributed by atoms with Gasteiger partial charge in [0.1, 0.15) is 11.9 Å². The number of hydrogen-bond donors (Lipinski definition) is 3. The van der Waals surface area contributed by atoms with Crippen molar-refractivity contribution in [2.75, 3.05) is 0 Å². The van der Waals surface area contributed by atoms with Crippen LogP contribution in [0.2, 0.25) is 0 Å². The minimum Gasteiger partial charge on any atom is -0.481 e. The minimum absolute atomic E-state index is 0.0583. The average Bonchev–Trinajstić information content (AvgIpc) is 2.16. The molecule has 0 bridgehead atoms. The topological polar surface area (TPSA) is 92.4 Å². The lowest BCUT2D eigenvalue weighted by Crippen LogP contribution is -2.24. The summed E-state index contributed by atoms with van der Waals surface area (Å²) in [7, 11) is 0. The van der Waals surface area contributed by atoms with E-state index in [1.54, 1.807) is 5.94 Å². The van der Waals surface area contributed by atoms with Crippen molar-refractivity contribution in [2.24, 2.45) is 11.8 Å². The fraction of sp³-hybridized carbons (Fsp3) is 0.125. The van der Waals surface area contributed by atoms with Crippen LogP contribution >= 0.6 is 0 Å². The molecule has 1 atom stereocenters. The van der Waals surface area contributed by atoms with Gasteiger partial charge in [0.25, 0.3) is 0 Å². The average molecular weight is 180 g/mol. The highest BCUT2D eigenvalue weighted by molar-refractivity contribution is 5.82. The third kappa shape index (κ3) is 1.84. The maximum Gasteiger partial charge on any atom is 0.315 e. The minimum atomic E-state index is -1.08. The van der Waals surface area contributed by atoms with Gasteiger partial charge < -0.3 is 10.5 Å². The molecule has 0 saturated carbocycles. The molecule has 5 heteroatoms. The maximum absolute atomic E-state index is 10.6. The Morgan fingerprint density at radius 1 is 1.69 bits per heavy atom. The van der Waals surface area contributed by atoms with Crippen molar-refractivity contribution in [3.8, 4) is 0 Å². The summed E-state index contributed by atoms with van der Waals surface area (Å²) in [6, 6.07) is 0. The number of carboxylic acids is 1. The van der Waals surface area contributed by atoms with E-state index in [9.17, 15) is 9.59 Å². The van der Waals surface area contributed by atoms with Crippen molar-refractivity contribution < 1.29 is 14.7 Å². The quantitative estimate of drug-likeness (QED) is 0.298. The number of allylic oxidation sites excluding steroid dienone is 2. The number of aliphatic carboxylic acids is 1. The molecule has 0 aromatic rings. The normalized spacial score (nSPS) is 20.5. The zero-order chi connectivity index (χ0) is 9.84. The van der Waals surface area contributed by atoms with Gasteiger partial charge in [0, 0.05) is 5.70 Å². The smallest absolute Gasteiger partial charge is 0.315 e. The van der Waals surface area contributed by atoms with Gasteiger partial charge in [0.15, 0.2) is 0 Å². The molecule has 0 fully saturated rings. The fourth-order valence-corrected chi connectivity index (χ4v) is 1.01. The van der Waals surface area contributed by atoms with Gasteiger partial charge in [-0.3, -0.25) is 10.6 Å². The van der Waals surface area contributed by atoms with E-state index in [1.165, 1.54) is 18.2 Å². The van der Waals surface area contributed by atoms with E-state index in [2.05, 4.69) is 5.43 Å². The first-order valence-corrected chi connectivity index (χ1v) is 3.53. The van der Waals surface area contributed by atoms with Gasteiger partial charge in [-0.15, -0.1) is 0 Å². The fourth-order valence-electron chi connectivity index (χ4n) is 1.01. The summed E-state index contributed by atoms with van der Waals surface area (Å²) in [5, 5.41) is 8.67. The van der Waals surface area contributed by atoms with Crippen molar-refractivity contribution in [1.82, 2.24) is 5.43 Å². The van der Waals surface area contributed by atoms with E-state index in [4.69, 9.17) is 10.9 Å². The number of rotatable bonds is 2. The Morgan fingerprint density at radius 3 is 2.85 bits per heavy atom. The number of carbonyl (C=O) groups excluding carboxylic acids is 1. The van der Waals surface area contributed by atoms with Gasteiger partial charge in [0.2, 0.25) is 0 Å². The van der Waals surface area contributed by atoms with E-state index in [1.807, 2.05) is 0 Å². The molecule has 0 radical (unpaired) electrons. The molecule has 0 aromatic heterocycles. The number of hydrazine groups is 1. The van der Waals surface area contributed by atoms with Crippen molar-refractivity contribution >= 4 is 11.9 Å². The molecule has 13 heavy (non-hydrogen) atoms. The molecular weight excluding hydrogens is 172 g/mol. The van der Waals surface area contributed by atoms with Gasteiger partial charge in [-0.25, -0.2) is 4.79 Å². The van der Waals surface area contributed by atoms with Crippen LogP contribution in [0.1, 0.15) is 0 Å². The molecule has 1 rings (SSSR count). The Morgan fingerprint density at radius 2 is 2.38 bits per heavy atom. The van der Waals surface area contributed by atoms with Crippen molar-refractivity contribution in [1.29, 1.82) is 0 Å². The van der Waals surface area contributed by atoms with Gasteiger partial charge in [-0.2, -0.15) is 0 Å².